The van der Waals surface area contributed by atoms with Crippen LogP contribution in [0.3, 0.4) is 0 Å². The molecule has 4 aliphatic heterocycles. The third-order valence-corrected chi connectivity index (χ3v) is 6.89. The van der Waals surface area contributed by atoms with Gasteiger partial charge in [-0.15, -0.1) is 0 Å². The summed E-state index contributed by atoms with van der Waals surface area (Å²) in [6.45, 7) is 3.00. The Hall–Kier alpha value is -2.53. The highest BCUT2D eigenvalue weighted by atomic mass is 16.5. The van der Waals surface area contributed by atoms with Crippen molar-refractivity contribution in [3.8, 4) is 11.5 Å². The topological polar surface area (TPSA) is 53.0 Å². The molecule has 2 aromatic carbocycles. The maximum Gasteiger partial charge on any atom is 0.254 e. The maximum atomic E-state index is 13.4. The molecule has 0 unspecified atom stereocenters. The van der Waals surface area contributed by atoms with E-state index in [0.717, 1.165) is 25.4 Å². The van der Waals surface area contributed by atoms with Crippen molar-refractivity contribution in [2.45, 2.75) is 30.8 Å². The van der Waals surface area contributed by atoms with Crippen LogP contribution in [0, 0.1) is 5.92 Å². The Bertz CT molecular complexity index is 874. The van der Waals surface area contributed by atoms with Crippen LogP contribution in [-0.2, 0) is 0 Å². The van der Waals surface area contributed by atoms with Gasteiger partial charge in [-0.3, -0.25) is 9.69 Å². The van der Waals surface area contributed by atoms with Crippen molar-refractivity contribution in [1.29, 1.82) is 0 Å². The van der Waals surface area contributed by atoms with E-state index >= 15 is 0 Å². The first kappa shape index (κ1) is 17.6. The number of amides is 1. The van der Waals surface area contributed by atoms with E-state index in [2.05, 4.69) is 21.9 Å². The van der Waals surface area contributed by atoms with Crippen LogP contribution in [-0.4, -0.2) is 59.6 Å². The number of aromatic hydroxyl groups is 1. The molecule has 2 aromatic rings. The SMILES string of the molecule is COc1cccc([C@H]2CN(C(=O)c3ccc(O)cc3)[C@@H]3C4CCN(CC4)[C@H]23)c1. The zero-order valence-corrected chi connectivity index (χ0v) is 16.1. The van der Waals surface area contributed by atoms with Gasteiger partial charge in [0.05, 0.1) is 13.2 Å². The molecule has 3 atom stereocenters. The molecule has 0 aromatic heterocycles. The zero-order valence-electron chi connectivity index (χ0n) is 16.1. The molecule has 28 heavy (non-hydrogen) atoms. The number of rotatable bonds is 3. The number of phenols is 1. The number of carbonyl (C=O) groups excluding carboxylic acids is 1. The molecule has 6 rings (SSSR count). The number of hydrogen-bond acceptors (Lipinski definition) is 4. The molecular weight excluding hydrogens is 352 g/mol. The molecule has 4 fully saturated rings. The largest absolute Gasteiger partial charge is 0.508 e. The highest BCUT2D eigenvalue weighted by Crippen LogP contribution is 2.47. The second kappa shape index (κ2) is 6.82. The van der Waals surface area contributed by atoms with E-state index in [1.54, 1.807) is 31.4 Å². The van der Waals surface area contributed by atoms with Crippen LogP contribution in [0.1, 0.15) is 34.7 Å². The van der Waals surface area contributed by atoms with E-state index in [9.17, 15) is 9.90 Å². The van der Waals surface area contributed by atoms with Gasteiger partial charge >= 0.3 is 0 Å². The lowest BCUT2D eigenvalue weighted by Crippen LogP contribution is -2.60. The molecule has 0 radical (unpaired) electrons. The van der Waals surface area contributed by atoms with Gasteiger partial charge in [0.25, 0.3) is 5.91 Å². The molecule has 1 N–H and O–H groups in total. The number of piperidine rings is 3. The number of methoxy groups -OCH3 is 1. The average Bonchev–Trinajstić information content (AvgIpc) is 3.18. The van der Waals surface area contributed by atoms with Crippen molar-refractivity contribution >= 4 is 5.91 Å². The van der Waals surface area contributed by atoms with Gasteiger partial charge in [-0.05, 0) is 73.8 Å². The first-order valence-corrected chi connectivity index (χ1v) is 10.1. The van der Waals surface area contributed by atoms with E-state index in [0.29, 0.717) is 23.4 Å². The predicted octanol–water partition coefficient (Wildman–Crippen LogP) is 3.10. The Labute approximate surface area is 165 Å². The Morgan fingerprint density at radius 2 is 1.82 bits per heavy atom. The highest BCUT2D eigenvalue weighted by Gasteiger charge is 2.54. The minimum atomic E-state index is 0.0779. The summed E-state index contributed by atoms with van der Waals surface area (Å²) < 4.78 is 5.45. The summed E-state index contributed by atoms with van der Waals surface area (Å²) >= 11 is 0. The van der Waals surface area contributed by atoms with E-state index in [1.165, 1.54) is 18.4 Å². The number of ether oxygens (including phenoxy) is 1. The second-order valence-electron chi connectivity index (χ2n) is 8.24. The van der Waals surface area contributed by atoms with Crippen LogP contribution in [0.5, 0.6) is 11.5 Å². The van der Waals surface area contributed by atoms with Gasteiger partial charge in [0.1, 0.15) is 11.5 Å². The lowest BCUT2D eigenvalue weighted by atomic mass is 9.75. The highest BCUT2D eigenvalue weighted by molar-refractivity contribution is 5.95. The molecule has 5 nitrogen and oxygen atoms in total. The van der Waals surface area contributed by atoms with E-state index in [4.69, 9.17) is 4.74 Å². The van der Waals surface area contributed by atoms with Crippen LogP contribution in [0.4, 0.5) is 0 Å². The van der Waals surface area contributed by atoms with Gasteiger partial charge in [0.15, 0.2) is 0 Å². The number of carbonyl (C=O) groups is 1. The Balaban J connectivity index is 1.51. The molecule has 5 heteroatoms. The molecule has 4 heterocycles. The molecule has 0 saturated carbocycles. The van der Waals surface area contributed by atoms with Gasteiger partial charge in [-0.2, -0.15) is 0 Å². The number of benzene rings is 2. The first-order valence-electron chi connectivity index (χ1n) is 10.1. The van der Waals surface area contributed by atoms with Crippen molar-refractivity contribution < 1.29 is 14.6 Å². The quantitative estimate of drug-likeness (QED) is 0.892. The van der Waals surface area contributed by atoms with Crippen LogP contribution in [0.25, 0.3) is 0 Å². The van der Waals surface area contributed by atoms with E-state index in [-0.39, 0.29) is 17.7 Å². The van der Waals surface area contributed by atoms with Crippen molar-refractivity contribution in [2.75, 3.05) is 26.7 Å². The first-order chi connectivity index (χ1) is 13.7. The van der Waals surface area contributed by atoms with Gasteiger partial charge in [0, 0.05) is 24.1 Å². The number of nitrogens with zero attached hydrogens (tertiary/aromatic N) is 2. The fourth-order valence-electron chi connectivity index (χ4n) is 5.59. The molecule has 146 valence electrons. The Morgan fingerprint density at radius 3 is 2.54 bits per heavy atom. The van der Waals surface area contributed by atoms with Crippen LogP contribution >= 0.6 is 0 Å². The summed E-state index contributed by atoms with van der Waals surface area (Å²) in [5, 5.41) is 9.57. The summed E-state index contributed by atoms with van der Waals surface area (Å²) in [4.78, 5) is 18.1. The predicted molar refractivity (Wildman–Crippen MR) is 107 cm³/mol. The third kappa shape index (κ3) is 2.76. The van der Waals surface area contributed by atoms with E-state index in [1.807, 2.05) is 12.1 Å². The minimum Gasteiger partial charge on any atom is -0.508 e. The molecule has 0 spiro atoms. The van der Waals surface area contributed by atoms with Crippen molar-refractivity contribution in [2.24, 2.45) is 5.92 Å². The van der Waals surface area contributed by atoms with E-state index < -0.39 is 0 Å². The molecule has 0 aliphatic carbocycles. The molecule has 2 bridgehead atoms. The Kier molecular flexibility index (Phi) is 4.27. The summed E-state index contributed by atoms with van der Waals surface area (Å²) in [5.41, 5.74) is 1.90. The summed E-state index contributed by atoms with van der Waals surface area (Å²) in [6.07, 6.45) is 2.34. The number of hydrogen-bond donors (Lipinski definition) is 1. The molecular formula is C23H26N2O3. The lowest BCUT2D eigenvalue weighted by Gasteiger charge is -2.51. The van der Waals surface area contributed by atoms with Crippen molar-refractivity contribution in [3.63, 3.8) is 0 Å². The fraction of sp³-hybridized carbons (Fsp3) is 0.435. The zero-order chi connectivity index (χ0) is 19.3. The minimum absolute atomic E-state index is 0.0779. The number of fused-ring (bicyclic) bond motifs is 2. The Morgan fingerprint density at radius 1 is 1.07 bits per heavy atom. The maximum absolute atomic E-state index is 13.4. The second-order valence-corrected chi connectivity index (χ2v) is 8.24. The third-order valence-electron chi connectivity index (χ3n) is 6.89. The van der Waals surface area contributed by atoms with Gasteiger partial charge < -0.3 is 14.7 Å². The fourth-order valence-corrected chi connectivity index (χ4v) is 5.59. The average molecular weight is 378 g/mol. The number of phenolic OH excluding ortho intramolecular Hbond substituents is 1. The van der Waals surface area contributed by atoms with Crippen LogP contribution < -0.4 is 4.74 Å². The van der Waals surface area contributed by atoms with Gasteiger partial charge in [-0.1, -0.05) is 12.1 Å². The smallest absolute Gasteiger partial charge is 0.254 e. The summed E-state index contributed by atoms with van der Waals surface area (Å²) in [7, 11) is 1.70. The summed E-state index contributed by atoms with van der Waals surface area (Å²) in [5.74, 6) is 2.01. The van der Waals surface area contributed by atoms with Crippen LogP contribution in [0.2, 0.25) is 0 Å². The van der Waals surface area contributed by atoms with Crippen molar-refractivity contribution in [3.05, 3.63) is 59.7 Å². The molecule has 4 saturated heterocycles. The molecule has 4 aliphatic rings. The molecule has 1 amide bonds. The van der Waals surface area contributed by atoms with Gasteiger partial charge in [-0.25, -0.2) is 0 Å². The summed E-state index contributed by atoms with van der Waals surface area (Å²) in [6, 6.07) is 15.6. The normalized spacial score (nSPS) is 30.9. The van der Waals surface area contributed by atoms with Gasteiger partial charge in [0.2, 0.25) is 0 Å². The van der Waals surface area contributed by atoms with Crippen molar-refractivity contribution in [1.82, 2.24) is 9.80 Å². The lowest BCUT2D eigenvalue weighted by molar-refractivity contribution is -0.00341. The monoisotopic (exact) mass is 378 g/mol. The standard InChI is InChI=1S/C23H26N2O3/c1-28-19-4-2-3-17(13-19)20-14-25(23(27)16-5-7-18(26)8-6-16)21-15-9-11-24(12-10-15)22(20)21/h2-8,13,15,20-22,26H,9-12,14H2,1H3/t20-,21-,22-/m1/s1. The van der Waals surface area contributed by atoms with Crippen LogP contribution in [0.15, 0.2) is 48.5 Å². The number of likely N-dealkylation sites (tertiary alicyclic amines) is 1.